The summed E-state index contributed by atoms with van der Waals surface area (Å²) in [6.07, 6.45) is 1.58. The number of hydrogen-bond acceptors (Lipinski definition) is 4. The van der Waals surface area contributed by atoms with Crippen LogP contribution in [-0.2, 0) is 6.61 Å². The Morgan fingerprint density at radius 1 is 1.08 bits per heavy atom. The van der Waals surface area contributed by atoms with Gasteiger partial charge in [0.15, 0.2) is 11.5 Å². The van der Waals surface area contributed by atoms with Crippen molar-refractivity contribution in [1.29, 1.82) is 0 Å². The molecule has 5 nitrogen and oxygen atoms in total. The quantitative estimate of drug-likeness (QED) is 0.687. The smallest absolute Gasteiger partial charge is 0.252 e. The van der Waals surface area contributed by atoms with Crippen LogP contribution in [0.1, 0.15) is 34.6 Å². The molecule has 134 valence electrons. The largest absolute Gasteiger partial charge is 0.493 e. The first-order chi connectivity index (χ1) is 12.7. The normalized spacial score (nSPS) is 11.6. The Balaban J connectivity index is 1.68. The highest BCUT2D eigenvalue weighted by molar-refractivity contribution is 5.95. The van der Waals surface area contributed by atoms with Crippen molar-refractivity contribution in [3.05, 3.63) is 83.8 Å². The van der Waals surface area contributed by atoms with Crippen molar-refractivity contribution in [3.63, 3.8) is 0 Å². The summed E-state index contributed by atoms with van der Waals surface area (Å²) in [6.45, 7) is 2.30. The Bertz CT molecular complexity index is 844. The zero-order valence-corrected chi connectivity index (χ0v) is 14.8. The van der Waals surface area contributed by atoms with Gasteiger partial charge >= 0.3 is 0 Å². The molecule has 0 spiro atoms. The van der Waals surface area contributed by atoms with Crippen LogP contribution in [0.25, 0.3) is 0 Å². The standard InChI is InChI=1S/C21H21NO4/c1-15(18-9-6-12-25-18)22-21(23)17-10-11-19(20(13-17)24-2)26-14-16-7-4-3-5-8-16/h3-13,15H,14H2,1-2H3,(H,22,23)/t15-/m0/s1. The fourth-order valence-electron chi connectivity index (χ4n) is 2.55. The monoisotopic (exact) mass is 351 g/mol. The summed E-state index contributed by atoms with van der Waals surface area (Å²) in [5.41, 5.74) is 1.55. The van der Waals surface area contributed by atoms with E-state index in [-0.39, 0.29) is 11.9 Å². The third-order valence-corrected chi connectivity index (χ3v) is 3.98. The molecule has 1 amide bonds. The van der Waals surface area contributed by atoms with Crippen LogP contribution in [-0.4, -0.2) is 13.0 Å². The number of ether oxygens (including phenoxy) is 2. The third-order valence-electron chi connectivity index (χ3n) is 3.98. The molecule has 0 saturated carbocycles. The van der Waals surface area contributed by atoms with E-state index in [1.54, 1.807) is 37.6 Å². The summed E-state index contributed by atoms with van der Waals surface area (Å²) in [5.74, 6) is 1.60. The second-order valence-corrected chi connectivity index (χ2v) is 5.85. The molecule has 26 heavy (non-hydrogen) atoms. The molecule has 5 heteroatoms. The summed E-state index contributed by atoms with van der Waals surface area (Å²) in [6, 6.07) is 18.4. The van der Waals surface area contributed by atoms with E-state index in [9.17, 15) is 4.79 Å². The van der Waals surface area contributed by atoms with Crippen LogP contribution in [0, 0.1) is 0 Å². The molecule has 0 aliphatic heterocycles. The van der Waals surface area contributed by atoms with Gasteiger partial charge in [0.2, 0.25) is 0 Å². The van der Waals surface area contributed by atoms with Gasteiger partial charge < -0.3 is 19.2 Å². The molecule has 1 aromatic heterocycles. The Morgan fingerprint density at radius 3 is 2.58 bits per heavy atom. The van der Waals surface area contributed by atoms with Crippen molar-refractivity contribution in [2.45, 2.75) is 19.6 Å². The van der Waals surface area contributed by atoms with E-state index in [0.717, 1.165) is 5.56 Å². The molecule has 0 bridgehead atoms. The molecule has 1 N–H and O–H groups in total. The lowest BCUT2D eigenvalue weighted by Gasteiger charge is -2.14. The van der Waals surface area contributed by atoms with Crippen molar-refractivity contribution in [3.8, 4) is 11.5 Å². The SMILES string of the molecule is COc1cc(C(=O)N[C@@H](C)c2ccco2)ccc1OCc1ccccc1. The van der Waals surface area contributed by atoms with Crippen LogP contribution >= 0.6 is 0 Å². The minimum Gasteiger partial charge on any atom is -0.493 e. The van der Waals surface area contributed by atoms with Crippen LogP contribution in [0.15, 0.2) is 71.3 Å². The van der Waals surface area contributed by atoms with E-state index in [4.69, 9.17) is 13.9 Å². The van der Waals surface area contributed by atoms with Crippen molar-refractivity contribution < 1.29 is 18.7 Å². The molecular weight excluding hydrogens is 330 g/mol. The van der Waals surface area contributed by atoms with E-state index in [2.05, 4.69) is 5.32 Å². The molecule has 1 heterocycles. The molecule has 0 saturated heterocycles. The lowest BCUT2D eigenvalue weighted by molar-refractivity contribution is 0.0935. The number of carbonyl (C=O) groups excluding carboxylic acids is 1. The van der Waals surface area contributed by atoms with Gasteiger partial charge in [-0.25, -0.2) is 0 Å². The molecule has 0 unspecified atom stereocenters. The van der Waals surface area contributed by atoms with Crippen LogP contribution in [0.4, 0.5) is 0 Å². The lowest BCUT2D eigenvalue weighted by atomic mass is 10.1. The second-order valence-electron chi connectivity index (χ2n) is 5.85. The van der Waals surface area contributed by atoms with E-state index in [1.807, 2.05) is 43.3 Å². The van der Waals surface area contributed by atoms with Crippen LogP contribution < -0.4 is 14.8 Å². The van der Waals surface area contributed by atoms with Gasteiger partial charge in [-0.05, 0) is 42.8 Å². The van der Waals surface area contributed by atoms with E-state index < -0.39 is 0 Å². The van der Waals surface area contributed by atoms with Gasteiger partial charge in [-0.3, -0.25) is 4.79 Å². The Labute approximate surface area is 152 Å². The van der Waals surface area contributed by atoms with E-state index in [1.165, 1.54) is 0 Å². The number of hydrogen-bond donors (Lipinski definition) is 1. The molecule has 0 aliphatic rings. The maximum atomic E-state index is 12.5. The van der Waals surface area contributed by atoms with E-state index >= 15 is 0 Å². The summed E-state index contributed by atoms with van der Waals surface area (Å²) >= 11 is 0. The Morgan fingerprint density at radius 2 is 1.88 bits per heavy atom. The molecule has 0 radical (unpaired) electrons. The van der Waals surface area contributed by atoms with Gasteiger partial charge in [0.1, 0.15) is 12.4 Å². The Kier molecular flexibility index (Phi) is 5.59. The fraction of sp³-hybridized carbons (Fsp3) is 0.190. The zero-order valence-electron chi connectivity index (χ0n) is 14.8. The average molecular weight is 351 g/mol. The maximum Gasteiger partial charge on any atom is 0.252 e. The van der Waals surface area contributed by atoms with Crippen molar-refractivity contribution >= 4 is 5.91 Å². The number of carbonyl (C=O) groups is 1. The fourth-order valence-corrected chi connectivity index (χ4v) is 2.55. The molecular formula is C21H21NO4. The molecule has 1 atom stereocenters. The minimum atomic E-state index is -0.225. The predicted molar refractivity (Wildman–Crippen MR) is 98.4 cm³/mol. The van der Waals surface area contributed by atoms with Gasteiger partial charge in [0.25, 0.3) is 5.91 Å². The number of nitrogens with one attached hydrogen (secondary N) is 1. The highest BCUT2D eigenvalue weighted by Crippen LogP contribution is 2.29. The lowest BCUT2D eigenvalue weighted by Crippen LogP contribution is -2.26. The van der Waals surface area contributed by atoms with Crippen molar-refractivity contribution in [2.75, 3.05) is 7.11 Å². The number of furan rings is 1. The molecule has 2 aromatic carbocycles. The molecule has 0 aliphatic carbocycles. The van der Waals surface area contributed by atoms with Gasteiger partial charge in [-0.15, -0.1) is 0 Å². The molecule has 0 fully saturated rings. The number of amides is 1. The second kappa shape index (κ2) is 8.25. The van der Waals surface area contributed by atoms with Crippen LogP contribution in [0.2, 0.25) is 0 Å². The maximum absolute atomic E-state index is 12.5. The predicted octanol–water partition coefficient (Wildman–Crippen LogP) is 4.36. The first-order valence-corrected chi connectivity index (χ1v) is 8.36. The summed E-state index contributed by atoms with van der Waals surface area (Å²) in [7, 11) is 1.55. The van der Waals surface area contributed by atoms with Crippen molar-refractivity contribution in [1.82, 2.24) is 5.32 Å². The molecule has 3 aromatic rings. The Hall–Kier alpha value is -3.21. The first kappa shape index (κ1) is 17.6. The first-order valence-electron chi connectivity index (χ1n) is 8.36. The highest BCUT2D eigenvalue weighted by atomic mass is 16.5. The van der Waals surface area contributed by atoms with Gasteiger partial charge in [0, 0.05) is 5.56 Å². The van der Waals surface area contributed by atoms with Gasteiger partial charge in [-0.1, -0.05) is 30.3 Å². The topological polar surface area (TPSA) is 60.7 Å². The van der Waals surface area contributed by atoms with E-state index in [0.29, 0.717) is 29.4 Å². The number of rotatable bonds is 7. The van der Waals surface area contributed by atoms with Gasteiger partial charge in [0.05, 0.1) is 19.4 Å². The summed E-state index contributed by atoms with van der Waals surface area (Å²) in [4.78, 5) is 12.5. The zero-order chi connectivity index (χ0) is 18.4. The number of methoxy groups -OCH3 is 1. The minimum absolute atomic E-state index is 0.207. The highest BCUT2D eigenvalue weighted by Gasteiger charge is 2.15. The van der Waals surface area contributed by atoms with Crippen molar-refractivity contribution in [2.24, 2.45) is 0 Å². The number of benzene rings is 2. The third kappa shape index (κ3) is 4.25. The molecule has 3 rings (SSSR count). The van der Waals surface area contributed by atoms with Crippen LogP contribution in [0.3, 0.4) is 0 Å². The summed E-state index contributed by atoms with van der Waals surface area (Å²) < 4.78 is 16.5. The van der Waals surface area contributed by atoms with Gasteiger partial charge in [-0.2, -0.15) is 0 Å². The van der Waals surface area contributed by atoms with Crippen LogP contribution in [0.5, 0.6) is 11.5 Å². The average Bonchev–Trinajstić information content (AvgIpc) is 3.22. The summed E-state index contributed by atoms with van der Waals surface area (Å²) in [5, 5.41) is 2.90.